The first kappa shape index (κ1) is 90.8. The van der Waals surface area contributed by atoms with Gasteiger partial charge in [0.15, 0.2) is 23.1 Å². The fraction of sp³-hybridized carbons (Fsp3) is 0.540. The molecule has 20 nitrogen and oxygen atoms in total. The normalized spacial score (nSPS) is 21.2. The molecule has 7 atom stereocenters. The van der Waals surface area contributed by atoms with Crippen LogP contribution in [0.3, 0.4) is 0 Å². The van der Waals surface area contributed by atoms with E-state index in [0.717, 1.165) is 195 Å². The van der Waals surface area contributed by atoms with Crippen LogP contribution >= 0.6 is 0 Å². The van der Waals surface area contributed by atoms with E-state index in [2.05, 4.69) is 130 Å². The van der Waals surface area contributed by atoms with Gasteiger partial charge in [0.05, 0.1) is 77.0 Å². The molecule has 7 aromatic carbocycles. The average Bonchev–Trinajstić information content (AvgIpc) is 0.927. The molecule has 0 N–H and O–H groups in total. The highest BCUT2D eigenvalue weighted by atomic mass is 16.5. The van der Waals surface area contributed by atoms with Crippen LogP contribution in [0.5, 0.6) is 23.0 Å². The quantitative estimate of drug-likeness (QED) is 0.0273. The fourth-order valence-corrected chi connectivity index (χ4v) is 17.9. The maximum atomic E-state index is 13.0. The lowest BCUT2D eigenvalue weighted by Crippen LogP contribution is -2.51. The molecule has 8 fully saturated rings. The van der Waals surface area contributed by atoms with Gasteiger partial charge in [-0.2, -0.15) is 0 Å². The number of nitrogens with zero attached hydrogens (tertiary/aromatic N) is 10. The minimum absolute atomic E-state index is 0.0297. The van der Waals surface area contributed by atoms with Crippen LogP contribution in [0.2, 0.25) is 0 Å². The van der Waals surface area contributed by atoms with E-state index in [-0.39, 0.29) is 47.4 Å². The predicted molar refractivity (Wildman–Crippen MR) is 483 cm³/mol. The number of hydrogen-bond donors (Lipinski definition) is 0. The van der Waals surface area contributed by atoms with Crippen molar-refractivity contribution in [2.45, 2.75) is 161 Å². The number of benzene rings is 7. The van der Waals surface area contributed by atoms with Gasteiger partial charge in [-0.25, -0.2) is 0 Å². The van der Waals surface area contributed by atoms with Crippen LogP contribution in [0.25, 0.3) is 0 Å². The lowest BCUT2D eigenvalue weighted by Gasteiger charge is -2.38. The van der Waals surface area contributed by atoms with Gasteiger partial charge in [0.2, 0.25) is 0 Å². The summed E-state index contributed by atoms with van der Waals surface area (Å²) in [6, 6.07) is 63.7. The van der Waals surface area contributed by atoms with Crippen molar-refractivity contribution in [3.8, 4) is 23.0 Å². The third kappa shape index (κ3) is 28.1. The van der Waals surface area contributed by atoms with Crippen molar-refractivity contribution in [3.63, 3.8) is 0 Å². The van der Waals surface area contributed by atoms with Crippen molar-refractivity contribution in [1.29, 1.82) is 0 Å². The molecule has 0 bridgehead atoms. The van der Waals surface area contributed by atoms with Crippen LogP contribution in [-0.2, 0) is 9.47 Å². The number of morpholine rings is 2. The molecule has 5 unspecified atom stereocenters. The molecule has 8 saturated heterocycles. The lowest BCUT2D eigenvalue weighted by atomic mass is 10.0. The van der Waals surface area contributed by atoms with Gasteiger partial charge in [-0.15, -0.1) is 0 Å². The summed E-state index contributed by atoms with van der Waals surface area (Å²) in [5.74, 6) is 4.06. The van der Waals surface area contributed by atoms with Crippen molar-refractivity contribution in [3.05, 3.63) is 216 Å². The van der Waals surface area contributed by atoms with Crippen LogP contribution in [-0.4, -0.2) is 289 Å². The largest absolute Gasteiger partial charge is 0.494 e. The molecule has 648 valence electrons. The van der Waals surface area contributed by atoms with Crippen molar-refractivity contribution in [2.75, 3.05) is 200 Å². The summed E-state index contributed by atoms with van der Waals surface area (Å²) in [5.41, 5.74) is 6.71. The van der Waals surface area contributed by atoms with Crippen LogP contribution in [0.4, 0.5) is 11.4 Å². The first-order valence-corrected chi connectivity index (χ1v) is 45.5. The average molecular weight is 1640 g/mol. The highest BCUT2D eigenvalue weighted by Crippen LogP contribution is 2.28. The summed E-state index contributed by atoms with van der Waals surface area (Å²) >= 11 is 0. The highest BCUT2D eigenvalue weighted by Gasteiger charge is 2.31. The smallest absolute Gasteiger partial charge is 0.179 e. The van der Waals surface area contributed by atoms with E-state index in [0.29, 0.717) is 51.1 Å². The molecule has 120 heavy (non-hydrogen) atoms. The van der Waals surface area contributed by atoms with Gasteiger partial charge in [-0.1, -0.05) is 66.7 Å². The molecule has 8 heterocycles. The van der Waals surface area contributed by atoms with Crippen LogP contribution in [0, 0.1) is 0 Å². The molecule has 0 radical (unpaired) electrons. The Bertz CT molecular complexity index is 4110. The SMILES string of the molecule is CC(C(=O)c1ccc(OCCCN2CCCC2)cc1)N1CCN(c2ccccc2)CC1.CC(C(=O)c1ccc(OCCCN2CCC[C@H]2C)cc1)N1CCOCC1.CC1CCCN1CCCOc1ccc(C(=O)C(C)N2CCN(c3ccccc3)CC2)cc1.C[C@@H]1CCCN1CCCOc1ccc(C(=O)CN2CCOC(c3ccccc3)C2)cc1. The molecule has 8 aliphatic rings. The zero-order chi connectivity index (χ0) is 83.6. The molecule has 0 amide bonds. The highest BCUT2D eigenvalue weighted by molar-refractivity contribution is 6.01. The Labute approximate surface area is 717 Å². The van der Waals surface area contributed by atoms with E-state index in [4.69, 9.17) is 28.4 Å². The first-order valence-electron chi connectivity index (χ1n) is 45.5. The molecule has 0 saturated carbocycles. The van der Waals surface area contributed by atoms with Crippen molar-refractivity contribution < 1.29 is 47.6 Å². The number of ketones is 4. The van der Waals surface area contributed by atoms with Crippen LogP contribution in [0.1, 0.15) is 172 Å². The number of likely N-dealkylation sites (tertiary alicyclic amines) is 4. The zero-order valence-corrected chi connectivity index (χ0v) is 73.0. The van der Waals surface area contributed by atoms with E-state index in [1.54, 1.807) is 0 Å². The molecule has 0 aromatic heterocycles. The van der Waals surface area contributed by atoms with E-state index in [1.165, 1.54) is 101 Å². The van der Waals surface area contributed by atoms with Crippen LogP contribution in [0.15, 0.2) is 188 Å². The minimum Gasteiger partial charge on any atom is -0.494 e. The predicted octanol–water partition coefficient (Wildman–Crippen LogP) is 15.3. The van der Waals surface area contributed by atoms with Gasteiger partial charge in [-0.05, 0) is 278 Å². The summed E-state index contributed by atoms with van der Waals surface area (Å²) < 4.78 is 34.8. The number of para-hydroxylation sites is 2. The number of carbonyl (C=O) groups is 4. The Morgan fingerprint density at radius 3 is 1.05 bits per heavy atom. The molecular weight excluding hydrogens is 1500 g/mol. The van der Waals surface area contributed by atoms with Crippen LogP contribution < -0.4 is 28.7 Å². The second-order valence-corrected chi connectivity index (χ2v) is 34.0. The standard InChI is InChI=1S/C27H37N3O2.C26H35N3O2.C26H34N2O3.C21H32N2O3/c1-22-8-6-15-28(22)16-7-21-32-26-13-11-24(12-14-26)27(31)23(2)29-17-19-30(20-18-29)25-9-4-3-5-10-25;1-22(28-17-19-29(20-18-28)24-8-3-2-4-9-24)26(30)23-10-12-25(13-11-23)31-21-7-16-27-14-5-6-15-27;1-21-7-5-14-28(21)15-6-17-30-24-12-10-22(11-13-24)25(29)19-27-16-18-31-26(20-27)23-8-3-2-4-9-23;1-17-5-3-10-22(17)11-4-14-26-20-8-6-19(7-9-20)21(24)18(2)23-12-15-25-16-13-23/h3-5,9-14,22-23H,6-8,15-21H2,1-2H3;2-4,8-13,22H,5-7,14-21H2,1H3;2-4,8-13,21,26H,5-7,14-20H2,1H3;6-9,17-18H,3-5,10-16H2,1-2H3/t;;21-,26?;17-,18?/m..11/s1. The van der Waals surface area contributed by atoms with Crippen molar-refractivity contribution >= 4 is 34.5 Å². The summed E-state index contributed by atoms with van der Waals surface area (Å²) in [7, 11) is 0. The van der Waals surface area contributed by atoms with E-state index < -0.39 is 0 Å². The molecule has 15 rings (SSSR count). The molecule has 20 heteroatoms. The Morgan fingerprint density at radius 2 is 0.692 bits per heavy atom. The summed E-state index contributed by atoms with van der Waals surface area (Å²) in [4.78, 5) is 75.4. The van der Waals surface area contributed by atoms with Gasteiger partial charge in [0.25, 0.3) is 0 Å². The number of hydrogen-bond acceptors (Lipinski definition) is 20. The Morgan fingerprint density at radius 1 is 0.350 bits per heavy atom. The van der Waals surface area contributed by atoms with E-state index in [1.807, 2.05) is 148 Å². The summed E-state index contributed by atoms with van der Waals surface area (Å²) in [6.07, 6.45) is 14.8. The number of ether oxygens (including phenoxy) is 6. The van der Waals surface area contributed by atoms with Crippen molar-refractivity contribution in [2.24, 2.45) is 0 Å². The Kier molecular flexibility index (Phi) is 36.7. The monoisotopic (exact) mass is 1640 g/mol. The third-order valence-electron chi connectivity index (χ3n) is 25.7. The third-order valence-corrected chi connectivity index (χ3v) is 25.7. The molecule has 0 spiro atoms. The Hall–Kier alpha value is -8.38. The number of Topliss-reactive ketones (excluding diaryl/α,β-unsaturated/α-hetero) is 4. The number of rotatable bonds is 35. The minimum atomic E-state index is -0.109. The molecule has 7 aromatic rings. The van der Waals surface area contributed by atoms with Gasteiger partial charge in [0.1, 0.15) is 23.0 Å². The van der Waals surface area contributed by atoms with Gasteiger partial charge in [0, 0.05) is 156 Å². The molecule has 0 aliphatic carbocycles. The first-order chi connectivity index (χ1) is 58.7. The summed E-state index contributed by atoms with van der Waals surface area (Å²) in [5, 5.41) is 0. The van der Waals surface area contributed by atoms with Gasteiger partial charge < -0.3 is 57.8 Å². The molecular formula is C100H138N10O10. The number of carbonyl (C=O) groups excluding carboxylic acids is 4. The maximum Gasteiger partial charge on any atom is 0.179 e. The van der Waals surface area contributed by atoms with Gasteiger partial charge in [-0.3, -0.25) is 38.8 Å². The maximum absolute atomic E-state index is 13.0. The number of piperazine rings is 2. The van der Waals surface area contributed by atoms with Gasteiger partial charge >= 0.3 is 0 Å². The summed E-state index contributed by atoms with van der Waals surface area (Å²) in [6.45, 7) is 39.5. The molecule has 8 aliphatic heterocycles. The Balaban J connectivity index is 0.000000147. The van der Waals surface area contributed by atoms with Crippen molar-refractivity contribution in [1.82, 2.24) is 39.2 Å². The topological polar surface area (TPSA) is 156 Å². The van der Waals surface area contributed by atoms with E-state index >= 15 is 0 Å². The number of anilines is 2. The fourth-order valence-electron chi connectivity index (χ4n) is 17.9. The van der Waals surface area contributed by atoms with E-state index in [9.17, 15) is 19.2 Å². The second kappa shape index (κ2) is 48.5. The zero-order valence-electron chi connectivity index (χ0n) is 73.0. The second-order valence-electron chi connectivity index (χ2n) is 34.0. The lowest BCUT2D eigenvalue weighted by molar-refractivity contribution is -0.0275.